The number of halogens is 2. The molecule has 3 aromatic rings. The minimum atomic E-state index is -0.644. The molecule has 0 aliphatic rings. The highest BCUT2D eigenvalue weighted by Gasteiger charge is 2.16. The van der Waals surface area contributed by atoms with Crippen LogP contribution < -0.4 is 15.6 Å². The van der Waals surface area contributed by atoms with Gasteiger partial charge >= 0.3 is 0 Å². The van der Waals surface area contributed by atoms with E-state index in [1.807, 2.05) is 24.3 Å². The second-order valence-electron chi connectivity index (χ2n) is 7.66. The van der Waals surface area contributed by atoms with Gasteiger partial charge in [0.15, 0.2) is 0 Å². The maximum Gasteiger partial charge on any atom is 0.287 e. The Hall–Kier alpha value is -3.62. The third-order valence-corrected chi connectivity index (χ3v) is 6.13. The van der Waals surface area contributed by atoms with Gasteiger partial charge < -0.3 is 15.3 Å². The second kappa shape index (κ2) is 12.9. The highest BCUT2D eigenvalue weighted by Crippen LogP contribution is 2.20. The Kier molecular flexibility index (Phi) is 9.67. The Morgan fingerprint density at radius 2 is 1.75 bits per heavy atom. The lowest BCUT2D eigenvalue weighted by molar-refractivity contribution is -0.117. The zero-order valence-corrected chi connectivity index (χ0v) is 22.2. The minimum absolute atomic E-state index is 0.00674. The number of hydrogen-bond donors (Lipinski definition) is 3. The molecule has 0 unspecified atom stereocenters. The largest absolute Gasteiger partial charge is 0.507 e. The molecule has 3 N–H and O–H groups in total. The minimum Gasteiger partial charge on any atom is -0.507 e. The number of aromatic hydroxyl groups is 1. The molecule has 36 heavy (non-hydrogen) atoms. The molecule has 3 aromatic carbocycles. The fourth-order valence-corrected chi connectivity index (χ4v) is 3.98. The lowest BCUT2D eigenvalue weighted by Gasteiger charge is -2.21. The molecular formula is C27H26BrClN4O3. The Bertz CT molecular complexity index is 1290. The van der Waals surface area contributed by atoms with E-state index in [1.165, 1.54) is 12.3 Å². The molecule has 0 aliphatic heterocycles. The Morgan fingerprint density at radius 1 is 1.06 bits per heavy atom. The van der Waals surface area contributed by atoms with Gasteiger partial charge in [0, 0.05) is 28.8 Å². The summed E-state index contributed by atoms with van der Waals surface area (Å²) in [5, 5.41) is 16.8. The number of benzene rings is 3. The molecule has 0 spiro atoms. The van der Waals surface area contributed by atoms with Gasteiger partial charge in [-0.15, -0.1) is 0 Å². The van der Waals surface area contributed by atoms with Gasteiger partial charge in [-0.2, -0.15) is 5.10 Å². The molecule has 0 aliphatic carbocycles. The third kappa shape index (κ3) is 7.19. The number of hydrogen-bond acceptors (Lipinski definition) is 5. The maximum atomic E-state index is 13.0. The fourth-order valence-electron chi connectivity index (χ4n) is 3.38. The van der Waals surface area contributed by atoms with Gasteiger partial charge in [0.2, 0.25) is 0 Å². The first-order valence-electron chi connectivity index (χ1n) is 11.3. The van der Waals surface area contributed by atoms with Crippen LogP contribution >= 0.6 is 27.5 Å². The Morgan fingerprint density at radius 3 is 2.42 bits per heavy atom. The molecule has 186 valence electrons. The number of rotatable bonds is 9. The van der Waals surface area contributed by atoms with Crippen LogP contribution in [0.1, 0.15) is 35.3 Å². The smallest absolute Gasteiger partial charge is 0.287 e. The Balaban J connectivity index is 1.87. The second-order valence-corrected chi connectivity index (χ2v) is 8.98. The summed E-state index contributed by atoms with van der Waals surface area (Å²) in [5.74, 6) is -1.17. The van der Waals surface area contributed by atoms with Crippen LogP contribution in [0.15, 0.2) is 82.0 Å². The summed E-state index contributed by atoms with van der Waals surface area (Å²) in [6, 6.07) is 19.1. The van der Waals surface area contributed by atoms with E-state index in [2.05, 4.69) is 50.5 Å². The molecule has 0 fully saturated rings. The lowest BCUT2D eigenvalue weighted by Crippen LogP contribution is -2.33. The number of phenolic OH excluding ortho intramolecular Hbond substituents is 1. The molecule has 0 atom stereocenters. The summed E-state index contributed by atoms with van der Waals surface area (Å²) in [7, 11) is 0. The maximum absolute atomic E-state index is 13.0. The molecule has 9 heteroatoms. The first-order valence-corrected chi connectivity index (χ1v) is 12.4. The number of nitrogens with zero attached hydrogens (tertiary/aromatic N) is 2. The molecule has 0 heterocycles. The van der Waals surface area contributed by atoms with Crippen LogP contribution in [-0.4, -0.2) is 36.2 Å². The van der Waals surface area contributed by atoms with Gasteiger partial charge in [0.05, 0.1) is 16.8 Å². The molecule has 0 aromatic heterocycles. The molecule has 0 saturated heterocycles. The van der Waals surface area contributed by atoms with Gasteiger partial charge in [-0.1, -0.05) is 51.8 Å². The zero-order chi connectivity index (χ0) is 26.1. The zero-order valence-electron chi connectivity index (χ0n) is 19.8. The number of amides is 2. The van der Waals surface area contributed by atoms with Crippen molar-refractivity contribution in [3.63, 3.8) is 0 Å². The predicted octanol–water partition coefficient (Wildman–Crippen LogP) is 5.58. The van der Waals surface area contributed by atoms with E-state index in [1.54, 1.807) is 42.5 Å². The normalized spacial score (nSPS) is 11.4. The highest BCUT2D eigenvalue weighted by atomic mass is 79.9. The summed E-state index contributed by atoms with van der Waals surface area (Å²) in [5.41, 5.74) is 4.78. The van der Waals surface area contributed by atoms with Crippen molar-refractivity contribution in [3.05, 3.63) is 98.6 Å². The van der Waals surface area contributed by atoms with Gasteiger partial charge in [0.25, 0.3) is 11.8 Å². The number of carbonyl (C=O) groups excluding carboxylic acids is 2. The van der Waals surface area contributed by atoms with Crippen molar-refractivity contribution in [2.45, 2.75) is 13.8 Å². The summed E-state index contributed by atoms with van der Waals surface area (Å²) < 4.78 is 0.744. The summed E-state index contributed by atoms with van der Waals surface area (Å²) in [4.78, 5) is 28.1. The van der Waals surface area contributed by atoms with Crippen LogP contribution in [0, 0.1) is 0 Å². The van der Waals surface area contributed by atoms with Crippen LogP contribution in [0.2, 0.25) is 5.02 Å². The van der Waals surface area contributed by atoms with E-state index in [4.69, 9.17) is 11.6 Å². The number of nitrogens with one attached hydrogen (secondary N) is 2. The number of hydrazone groups is 1. The average molecular weight is 570 g/mol. The Labute approximate surface area is 223 Å². The number of phenols is 1. The van der Waals surface area contributed by atoms with Crippen LogP contribution in [0.4, 0.5) is 5.69 Å². The topological polar surface area (TPSA) is 94.0 Å². The van der Waals surface area contributed by atoms with Crippen molar-refractivity contribution >= 4 is 57.3 Å². The molecule has 0 bridgehead atoms. The van der Waals surface area contributed by atoms with Gasteiger partial charge in [0.1, 0.15) is 11.4 Å². The molecule has 0 saturated carbocycles. The summed E-state index contributed by atoms with van der Waals surface area (Å²) in [6.45, 7) is 5.91. The van der Waals surface area contributed by atoms with Crippen LogP contribution in [0.3, 0.4) is 0 Å². The van der Waals surface area contributed by atoms with Gasteiger partial charge in [-0.05, 0) is 68.0 Å². The fraction of sp³-hybridized carbons (Fsp3) is 0.148. The SMILES string of the molecule is CCN(CC)c1ccc(C=C(NC(=O)c2ccccc2Cl)C(=O)N/N=C/c2cc(Br)ccc2O)cc1. The molecule has 3 rings (SSSR count). The van der Waals surface area contributed by atoms with Crippen molar-refractivity contribution in [2.24, 2.45) is 5.10 Å². The standard InChI is InChI=1S/C27H26BrClN4O3/c1-3-33(4-2)21-12-9-18(10-13-21)15-24(31-26(35)22-7-5-6-8-23(22)29)27(36)32-30-17-19-16-20(28)11-14-25(19)34/h5-17,34H,3-4H2,1-2H3,(H,31,35)(H,32,36)/b24-15?,30-17+. The van der Waals surface area contributed by atoms with Crippen LogP contribution in [-0.2, 0) is 4.79 Å². The van der Waals surface area contributed by atoms with Crippen molar-refractivity contribution in [1.29, 1.82) is 0 Å². The highest BCUT2D eigenvalue weighted by molar-refractivity contribution is 9.10. The quantitative estimate of drug-likeness (QED) is 0.178. The first-order chi connectivity index (χ1) is 17.3. The first kappa shape index (κ1) is 27.0. The monoisotopic (exact) mass is 568 g/mol. The van der Waals surface area contributed by atoms with Crippen molar-refractivity contribution in [1.82, 2.24) is 10.7 Å². The lowest BCUT2D eigenvalue weighted by atomic mass is 10.1. The third-order valence-electron chi connectivity index (χ3n) is 5.30. The molecule has 0 radical (unpaired) electrons. The number of carbonyl (C=O) groups is 2. The summed E-state index contributed by atoms with van der Waals surface area (Å²) in [6.07, 6.45) is 2.87. The predicted molar refractivity (Wildman–Crippen MR) is 148 cm³/mol. The average Bonchev–Trinajstić information content (AvgIpc) is 2.87. The molecular weight excluding hydrogens is 544 g/mol. The van der Waals surface area contributed by atoms with E-state index >= 15 is 0 Å². The van der Waals surface area contributed by atoms with E-state index < -0.39 is 11.8 Å². The van der Waals surface area contributed by atoms with Crippen LogP contribution in [0.5, 0.6) is 5.75 Å². The van der Waals surface area contributed by atoms with E-state index in [0.717, 1.165) is 23.2 Å². The van der Waals surface area contributed by atoms with E-state index in [0.29, 0.717) is 11.1 Å². The number of anilines is 1. The summed E-state index contributed by atoms with van der Waals surface area (Å²) >= 11 is 9.48. The van der Waals surface area contributed by atoms with E-state index in [9.17, 15) is 14.7 Å². The van der Waals surface area contributed by atoms with Crippen molar-refractivity contribution in [3.8, 4) is 5.75 Å². The van der Waals surface area contributed by atoms with Crippen molar-refractivity contribution in [2.75, 3.05) is 18.0 Å². The molecule has 2 amide bonds. The van der Waals surface area contributed by atoms with Gasteiger partial charge in [-0.3, -0.25) is 9.59 Å². The van der Waals surface area contributed by atoms with Crippen molar-refractivity contribution < 1.29 is 14.7 Å². The molecule has 7 nitrogen and oxygen atoms in total. The van der Waals surface area contributed by atoms with E-state index in [-0.39, 0.29) is 22.0 Å². The van der Waals surface area contributed by atoms with Crippen LogP contribution in [0.25, 0.3) is 6.08 Å². The van der Waals surface area contributed by atoms with Gasteiger partial charge in [-0.25, -0.2) is 5.43 Å².